The molecule has 108 valence electrons. The largest absolute Gasteiger partial charge is 0.481 e. The van der Waals surface area contributed by atoms with Gasteiger partial charge in [-0.1, -0.05) is 32.1 Å². The predicted octanol–water partition coefficient (Wildman–Crippen LogP) is 2.12. The summed E-state index contributed by atoms with van der Waals surface area (Å²) in [5, 5.41) is 14.7. The van der Waals surface area contributed by atoms with E-state index in [9.17, 15) is 9.59 Å². The lowest BCUT2D eigenvalue weighted by atomic mass is 10.0. The van der Waals surface area contributed by atoms with E-state index in [-0.39, 0.29) is 12.1 Å². The number of carboxylic acids is 1. The number of rotatable bonds is 5. The van der Waals surface area contributed by atoms with Crippen LogP contribution in [-0.2, 0) is 4.79 Å². The average Bonchev–Trinajstić information content (AvgIpc) is 2.99. The molecule has 0 heterocycles. The van der Waals surface area contributed by atoms with Crippen LogP contribution in [0.5, 0.6) is 0 Å². The summed E-state index contributed by atoms with van der Waals surface area (Å²) in [6.07, 6.45) is 8.57. The van der Waals surface area contributed by atoms with Gasteiger partial charge in [-0.3, -0.25) is 4.79 Å². The van der Waals surface area contributed by atoms with Gasteiger partial charge < -0.3 is 15.7 Å². The highest BCUT2D eigenvalue weighted by atomic mass is 16.4. The van der Waals surface area contributed by atoms with Gasteiger partial charge in [-0.2, -0.15) is 0 Å². The molecule has 0 aromatic heterocycles. The van der Waals surface area contributed by atoms with Crippen molar-refractivity contribution in [3.63, 3.8) is 0 Å². The third-order valence-corrected chi connectivity index (χ3v) is 4.46. The second-order valence-electron chi connectivity index (χ2n) is 5.82. The van der Waals surface area contributed by atoms with Crippen LogP contribution in [0.25, 0.3) is 0 Å². The van der Waals surface area contributed by atoms with Crippen molar-refractivity contribution in [2.75, 3.05) is 6.54 Å². The number of carbonyl (C=O) groups excluding carboxylic acids is 1. The van der Waals surface area contributed by atoms with Crippen molar-refractivity contribution >= 4 is 12.0 Å². The summed E-state index contributed by atoms with van der Waals surface area (Å²) in [7, 11) is 0. The summed E-state index contributed by atoms with van der Waals surface area (Å²) < 4.78 is 0. The van der Waals surface area contributed by atoms with E-state index in [4.69, 9.17) is 5.11 Å². The molecule has 0 bridgehead atoms. The lowest BCUT2D eigenvalue weighted by molar-refractivity contribution is -0.142. The third kappa shape index (κ3) is 4.11. The fourth-order valence-corrected chi connectivity index (χ4v) is 3.34. The standard InChI is InChI=1S/C14H24N2O3/c17-13(18)11-6-3-7-12(11)16-14(19)15-9-8-10-4-1-2-5-10/h10-12H,1-9H2,(H,17,18)(H2,15,16,19). The number of hydrogen-bond donors (Lipinski definition) is 3. The number of amides is 2. The maximum absolute atomic E-state index is 11.7. The van der Waals surface area contributed by atoms with Gasteiger partial charge in [-0.15, -0.1) is 0 Å². The molecule has 0 radical (unpaired) electrons. The highest BCUT2D eigenvalue weighted by Crippen LogP contribution is 2.27. The molecule has 5 nitrogen and oxygen atoms in total. The lowest BCUT2D eigenvalue weighted by Crippen LogP contribution is -2.45. The second-order valence-corrected chi connectivity index (χ2v) is 5.82. The van der Waals surface area contributed by atoms with E-state index in [1.165, 1.54) is 25.7 Å². The first-order valence-electron chi connectivity index (χ1n) is 7.44. The summed E-state index contributed by atoms with van der Waals surface area (Å²) in [5.41, 5.74) is 0. The van der Waals surface area contributed by atoms with Crippen LogP contribution in [0.15, 0.2) is 0 Å². The van der Waals surface area contributed by atoms with Crippen LogP contribution in [0, 0.1) is 11.8 Å². The van der Waals surface area contributed by atoms with Gasteiger partial charge in [0, 0.05) is 12.6 Å². The third-order valence-electron chi connectivity index (χ3n) is 4.46. The zero-order valence-electron chi connectivity index (χ0n) is 11.4. The van der Waals surface area contributed by atoms with E-state index in [2.05, 4.69) is 10.6 Å². The van der Waals surface area contributed by atoms with Crippen molar-refractivity contribution in [3.8, 4) is 0 Å². The molecule has 5 heteroatoms. The van der Waals surface area contributed by atoms with Gasteiger partial charge in [0.15, 0.2) is 0 Å². The van der Waals surface area contributed by atoms with Gasteiger partial charge in [0.2, 0.25) is 0 Å². The molecule has 2 saturated carbocycles. The summed E-state index contributed by atoms with van der Waals surface area (Å²) in [4.78, 5) is 22.7. The van der Waals surface area contributed by atoms with E-state index >= 15 is 0 Å². The van der Waals surface area contributed by atoms with Gasteiger partial charge >= 0.3 is 12.0 Å². The maximum Gasteiger partial charge on any atom is 0.315 e. The van der Waals surface area contributed by atoms with Gasteiger partial charge in [0.1, 0.15) is 0 Å². The zero-order valence-corrected chi connectivity index (χ0v) is 11.4. The van der Waals surface area contributed by atoms with E-state index in [0.29, 0.717) is 13.0 Å². The van der Waals surface area contributed by atoms with Crippen molar-refractivity contribution in [2.45, 2.75) is 57.4 Å². The van der Waals surface area contributed by atoms with Gasteiger partial charge in [0.05, 0.1) is 5.92 Å². The minimum Gasteiger partial charge on any atom is -0.481 e. The van der Waals surface area contributed by atoms with Gasteiger partial charge in [-0.05, 0) is 25.2 Å². The molecule has 0 aromatic rings. The van der Waals surface area contributed by atoms with Gasteiger partial charge in [-0.25, -0.2) is 4.79 Å². The molecule has 2 amide bonds. The molecule has 0 spiro atoms. The first kappa shape index (κ1) is 14.2. The monoisotopic (exact) mass is 268 g/mol. The number of nitrogens with one attached hydrogen (secondary N) is 2. The smallest absolute Gasteiger partial charge is 0.315 e. The van der Waals surface area contributed by atoms with Crippen molar-refractivity contribution in [1.29, 1.82) is 0 Å². The van der Waals surface area contributed by atoms with Crippen LogP contribution >= 0.6 is 0 Å². The highest BCUT2D eigenvalue weighted by molar-refractivity contribution is 5.76. The Hall–Kier alpha value is -1.26. The van der Waals surface area contributed by atoms with Crippen LogP contribution in [0.4, 0.5) is 4.79 Å². The van der Waals surface area contributed by atoms with Crippen molar-refractivity contribution in [1.82, 2.24) is 10.6 Å². The molecule has 2 fully saturated rings. The molecule has 2 unspecified atom stereocenters. The number of carboxylic acid groups (broad SMARTS) is 1. The number of aliphatic carboxylic acids is 1. The summed E-state index contributed by atoms with van der Waals surface area (Å²) in [6.45, 7) is 0.695. The van der Waals surface area contributed by atoms with Crippen molar-refractivity contribution < 1.29 is 14.7 Å². The average molecular weight is 268 g/mol. The Morgan fingerprint density at radius 1 is 1.05 bits per heavy atom. The summed E-state index contributed by atoms with van der Waals surface area (Å²) in [6, 6.07) is -0.417. The van der Waals surface area contributed by atoms with Crippen LogP contribution in [0.1, 0.15) is 51.4 Å². The van der Waals surface area contributed by atoms with Crippen LogP contribution < -0.4 is 10.6 Å². The number of carbonyl (C=O) groups is 2. The molecule has 0 aliphatic heterocycles. The van der Waals surface area contributed by atoms with E-state index in [0.717, 1.165) is 25.2 Å². The first-order chi connectivity index (χ1) is 9.16. The predicted molar refractivity (Wildman–Crippen MR) is 71.9 cm³/mol. The van der Waals surface area contributed by atoms with Gasteiger partial charge in [0.25, 0.3) is 0 Å². The molecule has 2 rings (SSSR count). The Kier molecular flexibility index (Phi) is 5.05. The van der Waals surface area contributed by atoms with E-state index < -0.39 is 11.9 Å². The van der Waals surface area contributed by atoms with Crippen molar-refractivity contribution in [3.05, 3.63) is 0 Å². The fourth-order valence-electron chi connectivity index (χ4n) is 3.34. The molecule has 2 aliphatic carbocycles. The normalized spacial score (nSPS) is 27.4. The Balaban J connectivity index is 1.64. The molecule has 0 saturated heterocycles. The first-order valence-corrected chi connectivity index (χ1v) is 7.44. The Labute approximate surface area is 114 Å². The molecule has 0 aromatic carbocycles. The second kappa shape index (κ2) is 6.78. The fraction of sp³-hybridized carbons (Fsp3) is 0.857. The topological polar surface area (TPSA) is 78.4 Å². The summed E-state index contributed by atoms with van der Waals surface area (Å²) >= 11 is 0. The highest BCUT2D eigenvalue weighted by Gasteiger charge is 2.33. The number of urea groups is 1. The van der Waals surface area contributed by atoms with Crippen LogP contribution in [-0.4, -0.2) is 29.7 Å². The maximum atomic E-state index is 11.7. The minimum absolute atomic E-state index is 0.205. The Morgan fingerprint density at radius 2 is 1.79 bits per heavy atom. The quantitative estimate of drug-likeness (QED) is 0.714. The Bertz CT molecular complexity index is 327. The van der Waals surface area contributed by atoms with E-state index in [1.54, 1.807) is 0 Å². The molecule has 3 N–H and O–H groups in total. The number of hydrogen-bond acceptors (Lipinski definition) is 2. The van der Waals surface area contributed by atoms with Crippen molar-refractivity contribution in [2.24, 2.45) is 11.8 Å². The summed E-state index contributed by atoms with van der Waals surface area (Å²) in [5.74, 6) is -0.451. The zero-order chi connectivity index (χ0) is 13.7. The van der Waals surface area contributed by atoms with Crippen LogP contribution in [0.2, 0.25) is 0 Å². The Morgan fingerprint density at radius 3 is 2.47 bits per heavy atom. The SMILES string of the molecule is O=C(NCCC1CCCC1)NC1CCCC1C(=O)O. The van der Waals surface area contributed by atoms with E-state index in [1.807, 2.05) is 0 Å². The lowest BCUT2D eigenvalue weighted by Gasteiger charge is -2.18. The minimum atomic E-state index is -0.797. The molecule has 19 heavy (non-hydrogen) atoms. The molecule has 2 atom stereocenters. The molecular formula is C14H24N2O3. The molecular weight excluding hydrogens is 244 g/mol. The molecule has 2 aliphatic rings. The van der Waals surface area contributed by atoms with Crippen LogP contribution in [0.3, 0.4) is 0 Å².